The van der Waals surface area contributed by atoms with Gasteiger partial charge in [-0.05, 0) is 37.1 Å². The van der Waals surface area contributed by atoms with Gasteiger partial charge in [0.05, 0.1) is 41.5 Å². The number of pyridine rings is 2. The molecule has 6 nitrogen and oxygen atoms in total. The van der Waals surface area contributed by atoms with Crippen LogP contribution in [0.2, 0.25) is 5.15 Å². The minimum absolute atomic E-state index is 0.00941. The van der Waals surface area contributed by atoms with Gasteiger partial charge in [-0.25, -0.2) is 9.78 Å². The van der Waals surface area contributed by atoms with Crippen LogP contribution in [0.5, 0.6) is 0 Å². The molecule has 0 spiro atoms. The second kappa shape index (κ2) is 8.33. The van der Waals surface area contributed by atoms with E-state index >= 15 is 0 Å². The highest BCUT2D eigenvalue weighted by atomic mass is 35.5. The van der Waals surface area contributed by atoms with Crippen LogP contribution in [0.4, 0.5) is 17.6 Å². The zero-order valence-electron chi connectivity index (χ0n) is 16.2. The second-order valence-corrected chi connectivity index (χ2v) is 7.54. The smallest absolute Gasteiger partial charge is 0.342 e. The van der Waals surface area contributed by atoms with E-state index in [0.717, 1.165) is 5.52 Å². The summed E-state index contributed by atoms with van der Waals surface area (Å²) in [6.45, 7) is -1.36. The summed E-state index contributed by atoms with van der Waals surface area (Å²) < 4.78 is 55.6. The van der Waals surface area contributed by atoms with Gasteiger partial charge in [0.2, 0.25) is 0 Å². The van der Waals surface area contributed by atoms with Crippen LogP contribution in [-0.4, -0.2) is 36.5 Å². The third-order valence-electron chi connectivity index (χ3n) is 5.05. The van der Waals surface area contributed by atoms with E-state index < -0.39 is 25.1 Å². The van der Waals surface area contributed by atoms with E-state index in [9.17, 15) is 22.4 Å². The van der Waals surface area contributed by atoms with E-state index in [4.69, 9.17) is 11.6 Å². The molecule has 0 atom stereocenters. The van der Waals surface area contributed by atoms with Crippen molar-refractivity contribution < 1.29 is 17.6 Å². The maximum absolute atomic E-state index is 13.1. The first-order valence-corrected chi connectivity index (χ1v) is 9.97. The van der Waals surface area contributed by atoms with Gasteiger partial charge in [0.25, 0.3) is 0 Å². The summed E-state index contributed by atoms with van der Waals surface area (Å²) in [4.78, 5) is 21.2. The number of fused-ring (bicyclic) bond motifs is 2. The summed E-state index contributed by atoms with van der Waals surface area (Å²) in [6, 6.07) is 6.54. The van der Waals surface area contributed by atoms with E-state index in [-0.39, 0.29) is 12.1 Å². The van der Waals surface area contributed by atoms with Crippen molar-refractivity contribution in [1.82, 2.24) is 23.7 Å². The van der Waals surface area contributed by atoms with Gasteiger partial charge >= 0.3 is 11.9 Å². The van der Waals surface area contributed by atoms with E-state index in [1.165, 1.54) is 23.0 Å². The molecular weight excluding hydrogens is 438 g/mol. The molecule has 4 rings (SSSR count). The maximum Gasteiger partial charge on any atom is 0.406 e. The number of halogens is 5. The summed E-state index contributed by atoms with van der Waals surface area (Å²) in [6.07, 6.45) is -0.904. The van der Waals surface area contributed by atoms with Crippen LogP contribution in [0, 0.1) is 0 Å². The third kappa shape index (κ3) is 4.30. The summed E-state index contributed by atoms with van der Waals surface area (Å²) in [5.41, 5.74) is 1.66. The lowest BCUT2D eigenvalue weighted by Crippen LogP contribution is -2.30. The van der Waals surface area contributed by atoms with Crippen molar-refractivity contribution in [2.75, 3.05) is 6.67 Å². The Labute approximate surface area is 178 Å². The number of nitrogens with zero attached hydrogens (tertiary/aromatic N) is 5. The molecule has 0 amide bonds. The Morgan fingerprint density at radius 2 is 1.81 bits per heavy atom. The molecule has 0 aromatic carbocycles. The van der Waals surface area contributed by atoms with Crippen molar-refractivity contribution in [1.29, 1.82) is 0 Å². The van der Waals surface area contributed by atoms with Crippen LogP contribution in [0.15, 0.2) is 41.5 Å². The van der Waals surface area contributed by atoms with Crippen LogP contribution in [0.1, 0.15) is 18.5 Å². The number of rotatable bonds is 7. The molecule has 0 aliphatic heterocycles. The summed E-state index contributed by atoms with van der Waals surface area (Å²) in [5, 5.41) is 0.295. The van der Waals surface area contributed by atoms with Crippen molar-refractivity contribution in [3.63, 3.8) is 0 Å². The third-order valence-corrected chi connectivity index (χ3v) is 5.26. The molecular formula is C20H18ClF4N5O. The Bertz CT molecular complexity index is 1290. The Balaban J connectivity index is 1.83. The number of alkyl halides is 4. The highest BCUT2D eigenvalue weighted by Gasteiger charge is 2.31. The van der Waals surface area contributed by atoms with Gasteiger partial charge in [-0.3, -0.25) is 18.5 Å². The van der Waals surface area contributed by atoms with Gasteiger partial charge < -0.3 is 4.57 Å². The molecule has 164 valence electrons. The zero-order chi connectivity index (χ0) is 22.2. The molecule has 0 saturated carbocycles. The lowest BCUT2D eigenvalue weighted by Gasteiger charge is -2.11. The van der Waals surface area contributed by atoms with Gasteiger partial charge in [-0.1, -0.05) is 11.6 Å². The molecule has 0 fully saturated rings. The minimum atomic E-state index is -4.55. The first-order valence-electron chi connectivity index (χ1n) is 9.59. The molecule has 4 heterocycles. The standard InChI is InChI=1S/C20H18ClF4N5O/c21-18-4-3-15-14(27-18)9-13(28(15)8-2-1-6-22)11-29-17-10-26-7-5-16(17)30(19(29)31)12-20(23,24)25/h3-5,7,9-10H,1-2,6,8,11-12H2. The molecule has 4 aromatic heterocycles. The predicted molar refractivity (Wildman–Crippen MR) is 109 cm³/mol. The Kier molecular flexibility index (Phi) is 5.74. The maximum atomic E-state index is 13.1. The molecule has 0 aliphatic rings. The average Bonchev–Trinajstić information content (AvgIpc) is 3.17. The fourth-order valence-electron chi connectivity index (χ4n) is 3.74. The highest BCUT2D eigenvalue weighted by Crippen LogP contribution is 2.24. The number of hydrogen-bond acceptors (Lipinski definition) is 3. The summed E-state index contributed by atoms with van der Waals surface area (Å²) in [7, 11) is 0. The van der Waals surface area contributed by atoms with Crippen LogP contribution >= 0.6 is 11.6 Å². The first-order chi connectivity index (χ1) is 14.8. The van der Waals surface area contributed by atoms with E-state index in [2.05, 4.69) is 9.97 Å². The number of aryl methyl sites for hydroxylation is 1. The number of aromatic nitrogens is 5. The van der Waals surface area contributed by atoms with Crippen LogP contribution in [0.25, 0.3) is 22.1 Å². The monoisotopic (exact) mass is 455 g/mol. The number of imidazole rings is 1. The SMILES string of the molecule is O=c1n(Cc2cc3nc(Cl)ccc3n2CCCCF)c2cnccc2n1CC(F)(F)F. The van der Waals surface area contributed by atoms with Gasteiger partial charge in [0.15, 0.2) is 0 Å². The van der Waals surface area contributed by atoms with Crippen molar-refractivity contribution >= 4 is 33.7 Å². The van der Waals surface area contributed by atoms with Crippen LogP contribution in [0.3, 0.4) is 0 Å². The fourth-order valence-corrected chi connectivity index (χ4v) is 3.89. The molecule has 31 heavy (non-hydrogen) atoms. The van der Waals surface area contributed by atoms with E-state index in [1.807, 2.05) is 4.57 Å². The highest BCUT2D eigenvalue weighted by molar-refractivity contribution is 6.29. The molecule has 0 radical (unpaired) electrons. The molecule has 0 bridgehead atoms. The molecule has 0 aliphatic carbocycles. The average molecular weight is 456 g/mol. The predicted octanol–water partition coefficient (Wildman–Crippen LogP) is 4.56. The first kappa shape index (κ1) is 21.4. The molecule has 0 N–H and O–H groups in total. The summed E-state index contributed by atoms with van der Waals surface area (Å²) >= 11 is 5.99. The van der Waals surface area contributed by atoms with Crippen molar-refractivity contribution in [2.45, 2.75) is 38.7 Å². The lowest BCUT2D eigenvalue weighted by molar-refractivity contribution is -0.140. The van der Waals surface area contributed by atoms with Crippen molar-refractivity contribution in [2.24, 2.45) is 0 Å². The quantitative estimate of drug-likeness (QED) is 0.233. The Morgan fingerprint density at radius 3 is 2.55 bits per heavy atom. The van der Waals surface area contributed by atoms with E-state index in [0.29, 0.717) is 45.8 Å². The normalized spacial score (nSPS) is 12.3. The molecule has 0 unspecified atom stereocenters. The van der Waals surface area contributed by atoms with E-state index in [1.54, 1.807) is 18.2 Å². The van der Waals surface area contributed by atoms with Crippen LogP contribution in [-0.2, 0) is 19.6 Å². The molecule has 0 saturated heterocycles. The lowest BCUT2D eigenvalue weighted by atomic mass is 10.3. The van der Waals surface area contributed by atoms with Crippen molar-refractivity contribution in [3.05, 3.63) is 58.0 Å². The molecule has 4 aromatic rings. The minimum Gasteiger partial charge on any atom is -0.342 e. The summed E-state index contributed by atoms with van der Waals surface area (Å²) in [5.74, 6) is 0. The molecule has 11 heteroatoms. The largest absolute Gasteiger partial charge is 0.406 e. The van der Waals surface area contributed by atoms with Gasteiger partial charge in [0.1, 0.15) is 11.7 Å². The Hall–Kier alpha value is -2.88. The van der Waals surface area contributed by atoms with Gasteiger partial charge in [0, 0.05) is 18.4 Å². The van der Waals surface area contributed by atoms with Crippen LogP contribution < -0.4 is 5.69 Å². The topological polar surface area (TPSA) is 57.6 Å². The zero-order valence-corrected chi connectivity index (χ0v) is 17.0. The van der Waals surface area contributed by atoms with Gasteiger partial charge in [-0.15, -0.1) is 0 Å². The fraction of sp³-hybridized carbons (Fsp3) is 0.350. The number of unbranched alkanes of at least 4 members (excludes halogenated alkanes) is 1. The Morgan fingerprint density at radius 1 is 1.00 bits per heavy atom. The number of hydrogen-bond donors (Lipinski definition) is 0. The van der Waals surface area contributed by atoms with Crippen molar-refractivity contribution in [3.8, 4) is 0 Å². The van der Waals surface area contributed by atoms with Gasteiger partial charge in [-0.2, -0.15) is 13.2 Å². The second-order valence-electron chi connectivity index (χ2n) is 7.16.